The number of allylic oxidation sites excluding steroid dienone is 1. The molecule has 0 N–H and O–H groups in total. The lowest BCUT2D eigenvalue weighted by Crippen LogP contribution is -2.15. The van der Waals surface area contributed by atoms with Crippen molar-refractivity contribution in [2.24, 2.45) is 0 Å². The number of aromatic nitrogens is 2. The van der Waals surface area contributed by atoms with E-state index in [1.807, 2.05) is 39.2 Å². The molecule has 6 nitrogen and oxygen atoms in total. The molecule has 1 saturated carbocycles. The maximum Gasteiger partial charge on any atom is 0.225 e. The first kappa shape index (κ1) is 25.0. The fraction of sp³-hybridized carbons (Fsp3) is 0.387. The minimum atomic E-state index is 0.100. The number of ketones is 1. The third-order valence-corrected chi connectivity index (χ3v) is 7.32. The molecule has 0 aliphatic heterocycles. The fourth-order valence-electron chi connectivity index (χ4n) is 5.22. The number of hydrogen-bond donors (Lipinski definition) is 0. The largest absolute Gasteiger partial charge is 0.496 e. The molecule has 2 aromatic carbocycles. The van der Waals surface area contributed by atoms with Crippen LogP contribution in [0.15, 0.2) is 48.5 Å². The number of ether oxygens (including phenoxy) is 2. The Morgan fingerprint density at radius 1 is 1.05 bits per heavy atom. The molecule has 0 atom stereocenters. The van der Waals surface area contributed by atoms with Crippen LogP contribution in [-0.2, 0) is 12.8 Å². The summed E-state index contributed by atoms with van der Waals surface area (Å²) in [5.74, 6) is 2.17. The molecule has 192 valence electrons. The van der Waals surface area contributed by atoms with Crippen molar-refractivity contribution < 1.29 is 14.3 Å². The van der Waals surface area contributed by atoms with Crippen molar-refractivity contribution in [3.8, 4) is 11.6 Å². The average Bonchev–Trinajstić information content (AvgIpc) is 3.58. The van der Waals surface area contributed by atoms with Gasteiger partial charge in [-0.2, -0.15) is 4.98 Å². The van der Waals surface area contributed by atoms with E-state index in [9.17, 15) is 4.79 Å². The van der Waals surface area contributed by atoms with Crippen LogP contribution in [0.25, 0.3) is 5.57 Å². The number of hydrogen-bond acceptors (Lipinski definition) is 6. The van der Waals surface area contributed by atoms with Gasteiger partial charge in [0, 0.05) is 50.2 Å². The molecule has 37 heavy (non-hydrogen) atoms. The van der Waals surface area contributed by atoms with Gasteiger partial charge < -0.3 is 14.4 Å². The molecular formula is C31H35N3O3. The third-order valence-electron chi connectivity index (χ3n) is 7.32. The van der Waals surface area contributed by atoms with E-state index in [4.69, 9.17) is 19.4 Å². The Labute approximate surface area is 219 Å². The summed E-state index contributed by atoms with van der Waals surface area (Å²) in [4.78, 5) is 24.2. The van der Waals surface area contributed by atoms with E-state index >= 15 is 0 Å². The lowest BCUT2D eigenvalue weighted by atomic mass is 10.0. The summed E-state index contributed by atoms with van der Waals surface area (Å²) >= 11 is 0. The molecule has 1 aromatic heterocycles. The molecule has 0 unspecified atom stereocenters. The second-order valence-corrected chi connectivity index (χ2v) is 10.0. The van der Waals surface area contributed by atoms with Crippen LogP contribution < -0.4 is 14.4 Å². The molecule has 0 amide bonds. The first-order chi connectivity index (χ1) is 18.0. The molecule has 5 rings (SSSR count). The van der Waals surface area contributed by atoms with E-state index in [-0.39, 0.29) is 11.9 Å². The third kappa shape index (κ3) is 5.24. The number of carbonyl (C=O) groups excluding carboxylic acids is 1. The minimum absolute atomic E-state index is 0.100. The van der Waals surface area contributed by atoms with Gasteiger partial charge in [0.2, 0.25) is 5.88 Å². The highest BCUT2D eigenvalue weighted by Gasteiger charge is 2.27. The monoisotopic (exact) mass is 497 g/mol. The summed E-state index contributed by atoms with van der Waals surface area (Å²) in [5, 5.41) is 0. The van der Waals surface area contributed by atoms with E-state index < -0.39 is 0 Å². The van der Waals surface area contributed by atoms with Gasteiger partial charge in [0.15, 0.2) is 5.78 Å². The van der Waals surface area contributed by atoms with E-state index in [1.54, 1.807) is 7.11 Å². The highest BCUT2D eigenvalue weighted by Crippen LogP contribution is 2.39. The van der Waals surface area contributed by atoms with Gasteiger partial charge in [0.1, 0.15) is 17.7 Å². The highest BCUT2D eigenvalue weighted by atomic mass is 16.5. The van der Waals surface area contributed by atoms with Crippen LogP contribution >= 0.6 is 0 Å². The smallest absolute Gasteiger partial charge is 0.225 e. The Hall–Kier alpha value is -3.67. The molecule has 0 radical (unpaired) electrons. The summed E-state index contributed by atoms with van der Waals surface area (Å²) in [7, 11) is 5.73. The first-order valence-corrected chi connectivity index (χ1v) is 13.2. The number of Topliss-reactive ketones (excluding diaryl/α,β-unsaturated/α-hetero) is 1. The van der Waals surface area contributed by atoms with Gasteiger partial charge in [-0.25, -0.2) is 4.98 Å². The predicted octanol–water partition coefficient (Wildman–Crippen LogP) is 6.04. The van der Waals surface area contributed by atoms with Crippen molar-refractivity contribution in [3.05, 3.63) is 82.3 Å². The van der Waals surface area contributed by atoms with E-state index in [1.165, 1.54) is 12.8 Å². The van der Waals surface area contributed by atoms with Gasteiger partial charge in [-0.3, -0.25) is 4.79 Å². The number of methoxy groups -OCH3 is 1. The Morgan fingerprint density at radius 3 is 2.49 bits per heavy atom. The van der Waals surface area contributed by atoms with Gasteiger partial charge in [-0.15, -0.1) is 0 Å². The van der Waals surface area contributed by atoms with Crippen LogP contribution in [0.3, 0.4) is 0 Å². The second kappa shape index (κ2) is 10.8. The molecule has 1 fully saturated rings. The standard InChI is InChI=1S/C31H35N3O3/c1-5-27(35)21-10-11-22(28(18-21)36-4)19-29-32-26-17-16-25(20-12-14-23(15-13-20)34(2)3)30(26)31(33-29)37-24-8-6-7-9-24/h10-16,18,24H,5-9,17,19H2,1-4H3. The van der Waals surface area contributed by atoms with Gasteiger partial charge in [-0.1, -0.05) is 37.3 Å². The number of rotatable bonds is 9. The fourth-order valence-corrected chi connectivity index (χ4v) is 5.22. The number of benzene rings is 2. The minimum Gasteiger partial charge on any atom is -0.496 e. The van der Waals surface area contributed by atoms with Crippen LogP contribution in [0, 0.1) is 0 Å². The van der Waals surface area contributed by atoms with Crippen LogP contribution in [0.5, 0.6) is 11.6 Å². The van der Waals surface area contributed by atoms with Crippen molar-refractivity contribution in [2.45, 2.75) is 58.0 Å². The van der Waals surface area contributed by atoms with E-state index in [0.717, 1.165) is 52.9 Å². The van der Waals surface area contributed by atoms with Crippen LogP contribution in [-0.4, -0.2) is 43.1 Å². The topological polar surface area (TPSA) is 64.5 Å². The normalized spacial score (nSPS) is 14.9. The van der Waals surface area contributed by atoms with Crippen molar-refractivity contribution in [2.75, 3.05) is 26.1 Å². The lowest BCUT2D eigenvalue weighted by molar-refractivity contribution is 0.0988. The van der Waals surface area contributed by atoms with Crippen LogP contribution in [0.4, 0.5) is 5.69 Å². The quantitative estimate of drug-likeness (QED) is 0.336. The second-order valence-electron chi connectivity index (χ2n) is 10.0. The molecule has 0 saturated heterocycles. The Balaban J connectivity index is 1.50. The van der Waals surface area contributed by atoms with Gasteiger partial charge in [0.25, 0.3) is 0 Å². The molecule has 0 spiro atoms. The zero-order valence-electron chi connectivity index (χ0n) is 22.2. The van der Waals surface area contributed by atoms with Gasteiger partial charge in [0.05, 0.1) is 18.4 Å². The van der Waals surface area contributed by atoms with Crippen molar-refractivity contribution in [3.63, 3.8) is 0 Å². The zero-order valence-corrected chi connectivity index (χ0v) is 22.2. The van der Waals surface area contributed by atoms with Gasteiger partial charge in [-0.05, 0) is 55.0 Å². The Kier molecular flexibility index (Phi) is 7.26. The maximum absolute atomic E-state index is 12.2. The van der Waals surface area contributed by atoms with E-state index in [0.29, 0.717) is 35.9 Å². The molecular weight excluding hydrogens is 462 g/mol. The van der Waals surface area contributed by atoms with Crippen molar-refractivity contribution in [1.82, 2.24) is 9.97 Å². The Bertz CT molecular complexity index is 1320. The lowest BCUT2D eigenvalue weighted by Gasteiger charge is -2.19. The summed E-state index contributed by atoms with van der Waals surface area (Å²) in [6.45, 7) is 1.87. The highest BCUT2D eigenvalue weighted by molar-refractivity contribution is 5.96. The number of anilines is 1. The summed E-state index contributed by atoms with van der Waals surface area (Å²) < 4.78 is 12.2. The zero-order chi connectivity index (χ0) is 25.9. The summed E-state index contributed by atoms with van der Waals surface area (Å²) in [6, 6.07) is 14.2. The summed E-state index contributed by atoms with van der Waals surface area (Å²) in [6.07, 6.45) is 8.66. The summed E-state index contributed by atoms with van der Waals surface area (Å²) in [5.41, 5.74) is 7.09. The molecule has 3 aromatic rings. The number of carbonyl (C=O) groups is 1. The Morgan fingerprint density at radius 2 is 1.81 bits per heavy atom. The SMILES string of the molecule is CCC(=O)c1ccc(Cc2nc3c(c(OC4CCCC4)n2)C(c2ccc(N(C)C)cc2)=CC3)c(OC)c1. The average molecular weight is 498 g/mol. The maximum atomic E-state index is 12.2. The van der Waals surface area contributed by atoms with Crippen molar-refractivity contribution in [1.29, 1.82) is 0 Å². The van der Waals surface area contributed by atoms with E-state index in [2.05, 4.69) is 35.2 Å². The molecule has 6 heteroatoms. The molecule has 1 heterocycles. The van der Waals surface area contributed by atoms with Gasteiger partial charge >= 0.3 is 0 Å². The first-order valence-electron chi connectivity index (χ1n) is 13.2. The molecule has 0 bridgehead atoms. The molecule has 2 aliphatic rings. The molecule has 2 aliphatic carbocycles. The van der Waals surface area contributed by atoms with Crippen LogP contribution in [0.1, 0.15) is 77.6 Å². The number of fused-ring (bicyclic) bond motifs is 1. The van der Waals surface area contributed by atoms with Crippen molar-refractivity contribution >= 4 is 17.0 Å². The predicted molar refractivity (Wildman–Crippen MR) is 147 cm³/mol. The van der Waals surface area contributed by atoms with Crippen LogP contribution in [0.2, 0.25) is 0 Å². The number of nitrogens with zero attached hydrogens (tertiary/aromatic N) is 3.